The quantitative estimate of drug-likeness (QED) is 0.356. The highest BCUT2D eigenvalue weighted by Gasteiger charge is 2.21. The fraction of sp³-hybridized carbons (Fsp3) is 0.714. The molecule has 1 aromatic carbocycles. The Balaban J connectivity index is 1.33. The lowest BCUT2D eigenvalue weighted by Crippen LogP contribution is -2.15. The Hall–Kier alpha value is -1.04. The zero-order valence-corrected chi connectivity index (χ0v) is 18.7. The van der Waals surface area contributed by atoms with E-state index in [1.54, 1.807) is 5.57 Å². The second-order valence-electron chi connectivity index (χ2n) is 9.80. The molecular weight excluding hydrogens is 336 g/mol. The summed E-state index contributed by atoms with van der Waals surface area (Å²) >= 11 is 0. The molecule has 28 heavy (non-hydrogen) atoms. The van der Waals surface area contributed by atoms with Crippen LogP contribution in [0, 0.1) is 17.8 Å². The predicted molar refractivity (Wildman–Crippen MR) is 124 cm³/mol. The predicted octanol–water partition coefficient (Wildman–Crippen LogP) is 8.68. The van der Waals surface area contributed by atoms with Crippen LogP contribution in [0.3, 0.4) is 0 Å². The molecule has 0 bridgehead atoms. The molecule has 1 aromatic rings. The first-order valence-corrected chi connectivity index (χ1v) is 12.5. The van der Waals surface area contributed by atoms with E-state index in [0.717, 1.165) is 17.8 Å². The van der Waals surface area contributed by atoms with Gasteiger partial charge < -0.3 is 0 Å². The fourth-order valence-corrected chi connectivity index (χ4v) is 5.39. The Morgan fingerprint density at radius 3 is 1.96 bits per heavy atom. The molecule has 2 aliphatic rings. The molecule has 1 fully saturated rings. The molecule has 1 atom stereocenters. The van der Waals surface area contributed by atoms with Crippen molar-refractivity contribution in [3.05, 3.63) is 47.0 Å². The molecule has 156 valence electrons. The highest BCUT2D eigenvalue weighted by atomic mass is 14.3. The van der Waals surface area contributed by atoms with Gasteiger partial charge >= 0.3 is 0 Å². The van der Waals surface area contributed by atoms with Gasteiger partial charge in [-0.1, -0.05) is 94.7 Å². The summed E-state index contributed by atoms with van der Waals surface area (Å²) in [6.45, 7) is 4.65. The maximum atomic E-state index is 2.61. The molecule has 3 rings (SSSR count). The van der Waals surface area contributed by atoms with Crippen LogP contribution in [0.4, 0.5) is 0 Å². The van der Waals surface area contributed by atoms with Crippen molar-refractivity contribution in [3.8, 4) is 0 Å². The molecule has 0 amide bonds. The average Bonchev–Trinajstić information content (AvgIpc) is 2.76. The van der Waals surface area contributed by atoms with Crippen molar-refractivity contribution in [3.63, 3.8) is 0 Å². The minimum absolute atomic E-state index is 0.977. The van der Waals surface area contributed by atoms with Crippen molar-refractivity contribution in [1.29, 1.82) is 0 Å². The zero-order valence-electron chi connectivity index (χ0n) is 18.7. The van der Waals surface area contributed by atoms with Crippen molar-refractivity contribution in [2.24, 2.45) is 17.8 Å². The smallest absolute Gasteiger partial charge is 0.0241 e. The normalized spacial score (nSPS) is 25.5. The van der Waals surface area contributed by atoms with Gasteiger partial charge in [-0.15, -0.1) is 0 Å². The molecule has 0 N–H and O–H groups in total. The summed E-state index contributed by atoms with van der Waals surface area (Å²) in [6.07, 6.45) is 23.6. The van der Waals surface area contributed by atoms with Gasteiger partial charge in [0.1, 0.15) is 0 Å². The molecule has 0 spiro atoms. The van der Waals surface area contributed by atoms with E-state index in [9.17, 15) is 0 Å². The first kappa shape index (κ1) is 21.7. The van der Waals surface area contributed by atoms with E-state index in [4.69, 9.17) is 0 Å². The molecule has 0 radical (unpaired) electrons. The lowest BCUT2D eigenvalue weighted by Gasteiger charge is -2.29. The molecule has 0 aliphatic heterocycles. The number of hydrogen-bond acceptors (Lipinski definition) is 0. The second-order valence-corrected chi connectivity index (χ2v) is 9.80. The number of aryl methyl sites for hydroxylation is 2. The Bertz CT molecular complexity index is 571. The van der Waals surface area contributed by atoms with Crippen LogP contribution in [0.5, 0.6) is 0 Å². The van der Waals surface area contributed by atoms with E-state index < -0.39 is 0 Å². The van der Waals surface area contributed by atoms with Gasteiger partial charge in [-0.25, -0.2) is 0 Å². The SMILES string of the molecule is CCCCc1ccc(CCC2=CCC(CCC3CCC(CC)CC3)CC2)cc1. The maximum Gasteiger partial charge on any atom is -0.0241 e. The van der Waals surface area contributed by atoms with Crippen molar-refractivity contribution < 1.29 is 0 Å². The van der Waals surface area contributed by atoms with Gasteiger partial charge in [-0.3, -0.25) is 0 Å². The van der Waals surface area contributed by atoms with Crippen LogP contribution >= 0.6 is 0 Å². The average molecular weight is 381 g/mol. The molecule has 1 saturated carbocycles. The molecule has 0 aromatic heterocycles. The second kappa shape index (κ2) is 11.8. The first-order chi connectivity index (χ1) is 13.8. The molecule has 0 heterocycles. The van der Waals surface area contributed by atoms with Crippen molar-refractivity contribution >= 4 is 0 Å². The number of unbranched alkanes of at least 4 members (excludes halogenated alkanes) is 1. The maximum absolute atomic E-state index is 2.61. The topological polar surface area (TPSA) is 0 Å². The highest BCUT2D eigenvalue weighted by Crippen LogP contribution is 2.36. The largest absolute Gasteiger partial charge is 0.0850 e. The van der Waals surface area contributed by atoms with Crippen LogP contribution < -0.4 is 0 Å². The van der Waals surface area contributed by atoms with Crippen molar-refractivity contribution in [2.75, 3.05) is 0 Å². The van der Waals surface area contributed by atoms with Gasteiger partial charge in [-0.05, 0) is 80.2 Å². The third-order valence-corrected chi connectivity index (χ3v) is 7.72. The summed E-state index contributed by atoms with van der Waals surface area (Å²) < 4.78 is 0. The standard InChI is InChI=1S/C28H44/c1-3-5-6-24-11-13-26(14-12-24)17-18-28-21-19-27(20-22-28)16-15-25-9-7-23(4-2)8-10-25/h11-14,21,23,25,27H,3-10,15-20,22H2,1-2H3. The van der Waals surface area contributed by atoms with E-state index in [2.05, 4.69) is 44.2 Å². The van der Waals surface area contributed by atoms with E-state index in [0.29, 0.717) is 0 Å². The number of allylic oxidation sites excluding steroid dienone is 2. The molecule has 1 unspecified atom stereocenters. The lowest BCUT2D eigenvalue weighted by atomic mass is 9.76. The minimum atomic E-state index is 0.977. The Morgan fingerprint density at radius 2 is 1.36 bits per heavy atom. The summed E-state index contributed by atoms with van der Waals surface area (Å²) in [6, 6.07) is 9.43. The van der Waals surface area contributed by atoms with Crippen LogP contribution in [0.25, 0.3) is 0 Å². The van der Waals surface area contributed by atoms with Crippen LogP contribution in [0.1, 0.15) is 108 Å². The number of rotatable bonds is 10. The van der Waals surface area contributed by atoms with Crippen molar-refractivity contribution in [2.45, 2.75) is 110 Å². The molecule has 0 nitrogen and oxygen atoms in total. The zero-order chi connectivity index (χ0) is 19.6. The summed E-state index contributed by atoms with van der Waals surface area (Å²) in [4.78, 5) is 0. The van der Waals surface area contributed by atoms with Gasteiger partial charge in [-0.2, -0.15) is 0 Å². The van der Waals surface area contributed by atoms with E-state index >= 15 is 0 Å². The van der Waals surface area contributed by atoms with Crippen LogP contribution in [-0.4, -0.2) is 0 Å². The summed E-state index contributed by atoms with van der Waals surface area (Å²) in [5, 5.41) is 0. The van der Waals surface area contributed by atoms with Gasteiger partial charge in [0.15, 0.2) is 0 Å². The van der Waals surface area contributed by atoms with Gasteiger partial charge in [0.25, 0.3) is 0 Å². The Labute approximate surface area is 175 Å². The minimum Gasteiger partial charge on any atom is -0.0850 e. The van der Waals surface area contributed by atoms with Crippen LogP contribution in [0.15, 0.2) is 35.9 Å². The molecular formula is C28H44. The van der Waals surface area contributed by atoms with E-state index in [1.807, 2.05) is 0 Å². The Morgan fingerprint density at radius 1 is 0.714 bits per heavy atom. The number of hydrogen-bond donors (Lipinski definition) is 0. The van der Waals surface area contributed by atoms with Crippen LogP contribution in [-0.2, 0) is 12.8 Å². The van der Waals surface area contributed by atoms with Crippen molar-refractivity contribution in [1.82, 2.24) is 0 Å². The number of benzene rings is 1. The molecule has 2 aliphatic carbocycles. The monoisotopic (exact) mass is 380 g/mol. The highest BCUT2D eigenvalue weighted by molar-refractivity contribution is 5.23. The molecule has 0 saturated heterocycles. The molecule has 0 heteroatoms. The van der Waals surface area contributed by atoms with Gasteiger partial charge in [0.05, 0.1) is 0 Å². The van der Waals surface area contributed by atoms with E-state index in [-0.39, 0.29) is 0 Å². The van der Waals surface area contributed by atoms with Crippen LogP contribution in [0.2, 0.25) is 0 Å². The summed E-state index contributed by atoms with van der Waals surface area (Å²) in [5.41, 5.74) is 4.76. The van der Waals surface area contributed by atoms with Gasteiger partial charge in [0, 0.05) is 0 Å². The Kier molecular flexibility index (Phi) is 9.16. The van der Waals surface area contributed by atoms with Gasteiger partial charge in [0.2, 0.25) is 0 Å². The van der Waals surface area contributed by atoms with E-state index in [1.165, 1.54) is 107 Å². The lowest BCUT2D eigenvalue weighted by molar-refractivity contribution is 0.241. The third-order valence-electron chi connectivity index (χ3n) is 7.72. The first-order valence-electron chi connectivity index (χ1n) is 12.5. The third kappa shape index (κ3) is 7.09. The summed E-state index contributed by atoms with van der Waals surface area (Å²) in [5.74, 6) is 3.07. The summed E-state index contributed by atoms with van der Waals surface area (Å²) in [7, 11) is 0. The fourth-order valence-electron chi connectivity index (χ4n) is 5.39.